The number of fused-ring (bicyclic) bond motifs is 1. The Morgan fingerprint density at radius 2 is 2.04 bits per heavy atom. The molecule has 2 aromatic rings. The number of carboxylic acids is 1. The van der Waals surface area contributed by atoms with Crippen molar-refractivity contribution in [1.29, 1.82) is 0 Å². The van der Waals surface area contributed by atoms with E-state index >= 15 is 0 Å². The standard InChI is InChI=1S/C16H19N3O4/c1-3-10(2)14(15(22)17-8-13(20)21)19-9-18-12-7-5-4-6-11(12)16(19)23/h4-7,9-10,14H,3,8H2,1-2H3,(H,17,22)(H,20,21)/t10-,14-/m0/s1. The van der Waals surface area contributed by atoms with Gasteiger partial charge < -0.3 is 10.4 Å². The molecule has 0 radical (unpaired) electrons. The molecule has 0 saturated carbocycles. The molecular formula is C16H19N3O4. The summed E-state index contributed by atoms with van der Waals surface area (Å²) in [6.45, 7) is 3.26. The van der Waals surface area contributed by atoms with E-state index in [2.05, 4.69) is 10.3 Å². The van der Waals surface area contributed by atoms with Crippen molar-refractivity contribution < 1.29 is 14.7 Å². The number of nitrogens with zero attached hydrogens (tertiary/aromatic N) is 2. The van der Waals surface area contributed by atoms with Gasteiger partial charge in [0.05, 0.1) is 17.2 Å². The molecule has 0 saturated heterocycles. The summed E-state index contributed by atoms with van der Waals surface area (Å²) in [4.78, 5) is 39.9. The second kappa shape index (κ2) is 7.04. The maximum Gasteiger partial charge on any atom is 0.322 e. The van der Waals surface area contributed by atoms with Crippen LogP contribution in [0, 0.1) is 5.92 Å². The van der Waals surface area contributed by atoms with Crippen molar-refractivity contribution >= 4 is 22.8 Å². The Balaban J connectivity index is 2.47. The van der Waals surface area contributed by atoms with Crippen LogP contribution in [-0.2, 0) is 9.59 Å². The quantitative estimate of drug-likeness (QED) is 0.833. The fourth-order valence-electron chi connectivity index (χ4n) is 2.43. The first-order valence-electron chi connectivity index (χ1n) is 7.41. The van der Waals surface area contributed by atoms with Crippen LogP contribution in [0.3, 0.4) is 0 Å². The van der Waals surface area contributed by atoms with Crippen molar-refractivity contribution in [2.75, 3.05) is 6.54 Å². The van der Waals surface area contributed by atoms with Crippen LogP contribution in [0.5, 0.6) is 0 Å². The first-order chi connectivity index (χ1) is 11.0. The van der Waals surface area contributed by atoms with Gasteiger partial charge >= 0.3 is 5.97 Å². The molecule has 1 aromatic heterocycles. The van der Waals surface area contributed by atoms with Crippen LogP contribution in [-0.4, -0.2) is 33.1 Å². The van der Waals surface area contributed by atoms with Crippen LogP contribution in [0.15, 0.2) is 35.4 Å². The summed E-state index contributed by atoms with van der Waals surface area (Å²) in [5.41, 5.74) is 0.244. The van der Waals surface area contributed by atoms with E-state index in [9.17, 15) is 14.4 Å². The molecule has 1 aromatic carbocycles. The molecule has 1 amide bonds. The molecule has 0 bridgehead atoms. The zero-order valence-electron chi connectivity index (χ0n) is 13.0. The number of carbonyl (C=O) groups excluding carboxylic acids is 1. The lowest BCUT2D eigenvalue weighted by Gasteiger charge is -2.24. The number of aliphatic carboxylic acids is 1. The first kappa shape index (κ1) is 16.7. The van der Waals surface area contributed by atoms with Crippen LogP contribution >= 0.6 is 0 Å². The molecule has 0 aliphatic heterocycles. The van der Waals surface area contributed by atoms with E-state index in [0.717, 1.165) is 0 Å². The molecule has 0 aliphatic rings. The summed E-state index contributed by atoms with van der Waals surface area (Å²) in [6.07, 6.45) is 2.01. The minimum atomic E-state index is -1.13. The minimum absolute atomic E-state index is 0.149. The Morgan fingerprint density at radius 1 is 1.35 bits per heavy atom. The Morgan fingerprint density at radius 3 is 2.70 bits per heavy atom. The molecule has 122 valence electrons. The zero-order valence-corrected chi connectivity index (χ0v) is 13.0. The van der Waals surface area contributed by atoms with E-state index in [-0.39, 0.29) is 11.5 Å². The molecule has 2 atom stereocenters. The molecule has 7 nitrogen and oxygen atoms in total. The van der Waals surface area contributed by atoms with Crippen molar-refractivity contribution in [3.8, 4) is 0 Å². The van der Waals surface area contributed by atoms with Gasteiger partial charge in [-0.05, 0) is 18.1 Å². The predicted molar refractivity (Wildman–Crippen MR) is 85.1 cm³/mol. The van der Waals surface area contributed by atoms with E-state index in [1.807, 2.05) is 13.8 Å². The average molecular weight is 317 g/mol. The number of para-hydroxylation sites is 1. The Kier molecular flexibility index (Phi) is 5.10. The summed E-state index contributed by atoms with van der Waals surface area (Å²) >= 11 is 0. The minimum Gasteiger partial charge on any atom is -0.480 e. The van der Waals surface area contributed by atoms with E-state index in [1.54, 1.807) is 24.3 Å². The number of amides is 1. The molecule has 2 rings (SSSR count). The lowest BCUT2D eigenvalue weighted by atomic mass is 9.98. The van der Waals surface area contributed by atoms with Crippen molar-refractivity contribution in [2.45, 2.75) is 26.3 Å². The smallest absolute Gasteiger partial charge is 0.322 e. The van der Waals surface area contributed by atoms with E-state index in [0.29, 0.717) is 17.3 Å². The van der Waals surface area contributed by atoms with Crippen molar-refractivity contribution in [3.05, 3.63) is 40.9 Å². The van der Waals surface area contributed by atoms with Gasteiger partial charge in [-0.2, -0.15) is 0 Å². The monoisotopic (exact) mass is 317 g/mol. The highest BCUT2D eigenvalue weighted by molar-refractivity contribution is 5.85. The highest BCUT2D eigenvalue weighted by Crippen LogP contribution is 2.20. The third-order valence-corrected chi connectivity index (χ3v) is 3.86. The number of carboxylic acid groups (broad SMARTS) is 1. The van der Waals surface area contributed by atoms with Crippen LogP contribution in [0.25, 0.3) is 10.9 Å². The van der Waals surface area contributed by atoms with Crippen molar-refractivity contribution in [1.82, 2.24) is 14.9 Å². The lowest BCUT2D eigenvalue weighted by Crippen LogP contribution is -2.42. The second-order valence-electron chi connectivity index (χ2n) is 5.42. The summed E-state index contributed by atoms with van der Waals surface area (Å²) < 4.78 is 1.29. The van der Waals surface area contributed by atoms with Crippen LogP contribution in [0.2, 0.25) is 0 Å². The number of aromatic nitrogens is 2. The molecule has 0 fully saturated rings. The van der Waals surface area contributed by atoms with Gasteiger partial charge in [-0.3, -0.25) is 19.0 Å². The molecule has 23 heavy (non-hydrogen) atoms. The van der Waals surface area contributed by atoms with Crippen LogP contribution in [0.1, 0.15) is 26.3 Å². The van der Waals surface area contributed by atoms with E-state index in [1.165, 1.54) is 10.9 Å². The molecule has 1 heterocycles. The number of benzene rings is 1. The number of hydrogen-bond acceptors (Lipinski definition) is 4. The highest BCUT2D eigenvalue weighted by Gasteiger charge is 2.27. The number of hydrogen-bond donors (Lipinski definition) is 2. The molecule has 2 N–H and O–H groups in total. The van der Waals surface area contributed by atoms with Crippen molar-refractivity contribution in [2.24, 2.45) is 5.92 Å². The summed E-state index contributed by atoms with van der Waals surface area (Å²) in [6, 6.07) is 6.10. The Bertz CT molecular complexity index is 784. The van der Waals surface area contributed by atoms with Crippen molar-refractivity contribution in [3.63, 3.8) is 0 Å². The molecular weight excluding hydrogens is 298 g/mol. The SMILES string of the molecule is CC[C@H](C)[C@@H](C(=O)NCC(=O)O)n1cnc2ccccc2c1=O. The highest BCUT2D eigenvalue weighted by atomic mass is 16.4. The van der Waals surface area contributed by atoms with E-state index < -0.39 is 24.5 Å². The van der Waals surface area contributed by atoms with Gasteiger partial charge in [-0.1, -0.05) is 32.4 Å². The fourth-order valence-corrected chi connectivity index (χ4v) is 2.43. The van der Waals surface area contributed by atoms with Crippen LogP contribution in [0.4, 0.5) is 0 Å². The second-order valence-corrected chi connectivity index (χ2v) is 5.42. The molecule has 0 unspecified atom stereocenters. The molecule has 0 aliphatic carbocycles. The number of carbonyl (C=O) groups is 2. The first-order valence-corrected chi connectivity index (χ1v) is 7.41. The van der Waals surface area contributed by atoms with Gasteiger partial charge in [0.15, 0.2) is 0 Å². The van der Waals surface area contributed by atoms with E-state index in [4.69, 9.17) is 5.11 Å². The molecule has 0 spiro atoms. The largest absolute Gasteiger partial charge is 0.480 e. The normalized spacial score (nSPS) is 13.5. The fraction of sp³-hybridized carbons (Fsp3) is 0.375. The third kappa shape index (κ3) is 3.56. The third-order valence-electron chi connectivity index (χ3n) is 3.86. The Labute approximate surface area is 133 Å². The van der Waals surface area contributed by atoms with Gasteiger partial charge in [0, 0.05) is 0 Å². The van der Waals surface area contributed by atoms with Gasteiger partial charge in [-0.25, -0.2) is 4.98 Å². The number of rotatable bonds is 6. The topological polar surface area (TPSA) is 101 Å². The zero-order chi connectivity index (χ0) is 17.0. The average Bonchev–Trinajstić information content (AvgIpc) is 2.55. The summed E-state index contributed by atoms with van der Waals surface area (Å²) in [5, 5.41) is 11.5. The maximum atomic E-state index is 12.7. The summed E-state index contributed by atoms with van der Waals surface area (Å²) in [7, 11) is 0. The van der Waals surface area contributed by atoms with Gasteiger partial charge in [0.2, 0.25) is 5.91 Å². The maximum absolute atomic E-state index is 12.7. The van der Waals surface area contributed by atoms with Gasteiger partial charge in [0.1, 0.15) is 12.6 Å². The lowest BCUT2D eigenvalue weighted by molar-refractivity contribution is -0.138. The number of nitrogens with one attached hydrogen (secondary N) is 1. The summed E-state index contributed by atoms with van der Waals surface area (Å²) in [5.74, 6) is -1.78. The predicted octanol–water partition coefficient (Wildman–Crippen LogP) is 1.18. The van der Waals surface area contributed by atoms with Gasteiger partial charge in [0.25, 0.3) is 5.56 Å². The molecule has 7 heteroatoms. The Hall–Kier alpha value is -2.70. The van der Waals surface area contributed by atoms with Gasteiger partial charge in [-0.15, -0.1) is 0 Å². The van der Waals surface area contributed by atoms with Crippen LogP contribution < -0.4 is 10.9 Å².